The van der Waals surface area contributed by atoms with Crippen LogP contribution in [0.1, 0.15) is 17.4 Å². The van der Waals surface area contributed by atoms with Crippen molar-refractivity contribution in [3.05, 3.63) is 56.0 Å². The first-order valence-corrected chi connectivity index (χ1v) is 6.75. The average molecular weight is 392 g/mol. The van der Waals surface area contributed by atoms with Gasteiger partial charge in [-0.25, -0.2) is 0 Å². The third-order valence-electron chi connectivity index (χ3n) is 2.39. The molecule has 0 aliphatic carbocycles. The highest BCUT2D eigenvalue weighted by atomic mass is 127. The van der Waals surface area contributed by atoms with Crippen molar-refractivity contribution < 1.29 is 4.42 Å². The van der Waals surface area contributed by atoms with E-state index in [4.69, 9.17) is 4.42 Å². The lowest BCUT2D eigenvalue weighted by atomic mass is 10.1. The molecule has 1 aromatic carbocycles. The van der Waals surface area contributed by atoms with Crippen molar-refractivity contribution in [3.63, 3.8) is 0 Å². The van der Waals surface area contributed by atoms with E-state index in [-0.39, 0.29) is 6.04 Å². The van der Waals surface area contributed by atoms with Gasteiger partial charge in [0.25, 0.3) is 0 Å². The molecule has 16 heavy (non-hydrogen) atoms. The summed E-state index contributed by atoms with van der Waals surface area (Å²) in [6.07, 6.45) is 1.70. The predicted molar refractivity (Wildman–Crippen MR) is 76.5 cm³/mol. The van der Waals surface area contributed by atoms with Crippen molar-refractivity contribution in [2.75, 3.05) is 7.05 Å². The lowest BCUT2D eigenvalue weighted by molar-refractivity contribution is 0.462. The number of halogens is 2. The molecule has 84 valence electrons. The number of hydrogen-bond acceptors (Lipinski definition) is 2. The number of hydrogen-bond donors (Lipinski definition) is 1. The van der Waals surface area contributed by atoms with Gasteiger partial charge in [0.05, 0.1) is 12.3 Å². The van der Waals surface area contributed by atoms with Gasteiger partial charge in [-0.1, -0.05) is 15.9 Å². The first kappa shape index (κ1) is 12.1. The molecule has 2 rings (SSSR count). The molecule has 2 nitrogen and oxygen atoms in total. The van der Waals surface area contributed by atoms with Gasteiger partial charge in [-0.15, -0.1) is 0 Å². The third-order valence-corrected chi connectivity index (χ3v) is 3.86. The van der Waals surface area contributed by atoms with E-state index in [0.717, 1.165) is 10.2 Å². The Morgan fingerprint density at radius 3 is 2.81 bits per heavy atom. The van der Waals surface area contributed by atoms with Gasteiger partial charge < -0.3 is 9.73 Å². The third kappa shape index (κ3) is 2.49. The Labute approximate surface area is 117 Å². The fraction of sp³-hybridized carbons (Fsp3) is 0.167. The molecular formula is C12H11BrINO. The molecule has 0 fully saturated rings. The molecule has 1 N–H and O–H groups in total. The summed E-state index contributed by atoms with van der Waals surface area (Å²) < 4.78 is 7.75. The second kappa shape index (κ2) is 5.33. The lowest BCUT2D eigenvalue weighted by Gasteiger charge is -2.16. The Bertz CT molecular complexity index is 470. The second-order valence-electron chi connectivity index (χ2n) is 3.40. The van der Waals surface area contributed by atoms with Crippen LogP contribution in [0.4, 0.5) is 0 Å². The topological polar surface area (TPSA) is 25.2 Å². The molecule has 0 saturated carbocycles. The van der Waals surface area contributed by atoms with Crippen molar-refractivity contribution in [2.24, 2.45) is 0 Å². The van der Waals surface area contributed by atoms with Gasteiger partial charge in [-0.05, 0) is 65.5 Å². The minimum atomic E-state index is 0.0967. The molecule has 0 saturated heterocycles. The number of rotatable bonds is 3. The molecule has 1 aromatic heterocycles. The fourth-order valence-corrected chi connectivity index (χ4v) is 2.67. The summed E-state index contributed by atoms with van der Waals surface area (Å²) in [6.45, 7) is 0. The van der Waals surface area contributed by atoms with Crippen LogP contribution in [0.2, 0.25) is 0 Å². The summed E-state index contributed by atoms with van der Waals surface area (Å²) in [5.41, 5.74) is 1.22. The average Bonchev–Trinajstić information content (AvgIpc) is 2.78. The maximum atomic E-state index is 5.45. The zero-order chi connectivity index (χ0) is 11.5. The van der Waals surface area contributed by atoms with Crippen molar-refractivity contribution in [3.8, 4) is 0 Å². The normalized spacial score (nSPS) is 12.7. The van der Waals surface area contributed by atoms with E-state index in [1.807, 2.05) is 25.2 Å². The molecule has 0 spiro atoms. The van der Waals surface area contributed by atoms with Crippen molar-refractivity contribution in [1.29, 1.82) is 0 Å². The number of nitrogens with one attached hydrogen (secondary N) is 1. The van der Waals surface area contributed by atoms with Crippen LogP contribution >= 0.6 is 38.5 Å². The van der Waals surface area contributed by atoms with Crippen molar-refractivity contribution in [2.45, 2.75) is 6.04 Å². The summed E-state index contributed by atoms with van der Waals surface area (Å²) >= 11 is 5.83. The van der Waals surface area contributed by atoms with Crippen molar-refractivity contribution >= 4 is 38.5 Å². The highest BCUT2D eigenvalue weighted by Crippen LogP contribution is 2.28. The second-order valence-corrected chi connectivity index (χ2v) is 5.48. The van der Waals surface area contributed by atoms with E-state index in [9.17, 15) is 0 Å². The van der Waals surface area contributed by atoms with Crippen LogP contribution < -0.4 is 5.32 Å². The van der Waals surface area contributed by atoms with Crippen LogP contribution in [-0.2, 0) is 0 Å². The molecule has 0 aliphatic heterocycles. The Morgan fingerprint density at radius 1 is 1.38 bits per heavy atom. The van der Waals surface area contributed by atoms with E-state index < -0.39 is 0 Å². The standard InChI is InChI=1S/C12H11BrINO/c1-15-12(11-3-2-6-16-11)9-7-8(13)4-5-10(9)14/h2-7,12,15H,1H3. The maximum absolute atomic E-state index is 5.45. The van der Waals surface area contributed by atoms with Crippen LogP contribution in [0, 0.1) is 3.57 Å². The van der Waals surface area contributed by atoms with Gasteiger partial charge in [0.15, 0.2) is 0 Å². The smallest absolute Gasteiger partial charge is 0.125 e. The maximum Gasteiger partial charge on any atom is 0.125 e. The molecule has 1 atom stereocenters. The quantitative estimate of drug-likeness (QED) is 0.801. The van der Waals surface area contributed by atoms with Gasteiger partial charge in [0, 0.05) is 8.04 Å². The summed E-state index contributed by atoms with van der Waals surface area (Å²) in [7, 11) is 1.93. The highest BCUT2D eigenvalue weighted by molar-refractivity contribution is 14.1. The number of benzene rings is 1. The highest BCUT2D eigenvalue weighted by Gasteiger charge is 2.17. The molecule has 4 heteroatoms. The molecule has 0 bridgehead atoms. The SMILES string of the molecule is CNC(c1ccco1)c1cc(Br)ccc1I. The van der Waals surface area contributed by atoms with Gasteiger partial charge >= 0.3 is 0 Å². The van der Waals surface area contributed by atoms with Crippen LogP contribution in [0.3, 0.4) is 0 Å². The van der Waals surface area contributed by atoms with E-state index in [1.54, 1.807) is 6.26 Å². The molecular weight excluding hydrogens is 381 g/mol. The molecule has 2 aromatic rings. The minimum Gasteiger partial charge on any atom is -0.467 e. The fourth-order valence-electron chi connectivity index (χ4n) is 1.64. The zero-order valence-corrected chi connectivity index (χ0v) is 12.4. The molecule has 0 amide bonds. The van der Waals surface area contributed by atoms with E-state index >= 15 is 0 Å². The van der Waals surface area contributed by atoms with E-state index in [1.165, 1.54) is 9.13 Å². The van der Waals surface area contributed by atoms with Gasteiger partial charge in [0.1, 0.15) is 5.76 Å². The molecule has 1 heterocycles. The number of furan rings is 1. The van der Waals surface area contributed by atoms with Gasteiger partial charge in [-0.2, -0.15) is 0 Å². The Hall–Kier alpha value is -0.330. The Balaban J connectivity index is 2.44. The first-order chi connectivity index (χ1) is 7.72. The van der Waals surface area contributed by atoms with Crippen LogP contribution in [-0.4, -0.2) is 7.05 Å². The molecule has 0 aliphatic rings. The van der Waals surface area contributed by atoms with E-state index in [0.29, 0.717) is 0 Å². The van der Waals surface area contributed by atoms with Gasteiger partial charge in [0.2, 0.25) is 0 Å². The van der Waals surface area contributed by atoms with Crippen LogP contribution in [0.15, 0.2) is 45.5 Å². The van der Waals surface area contributed by atoms with Crippen molar-refractivity contribution in [1.82, 2.24) is 5.32 Å². The summed E-state index contributed by atoms with van der Waals surface area (Å²) in [6, 6.07) is 10.2. The molecule has 1 unspecified atom stereocenters. The van der Waals surface area contributed by atoms with Crippen LogP contribution in [0.25, 0.3) is 0 Å². The molecule has 0 radical (unpaired) electrons. The Kier molecular flexibility index (Phi) is 4.05. The predicted octanol–water partition coefficient (Wildman–Crippen LogP) is 3.96. The first-order valence-electron chi connectivity index (χ1n) is 4.88. The van der Waals surface area contributed by atoms with Gasteiger partial charge in [-0.3, -0.25) is 0 Å². The zero-order valence-electron chi connectivity index (χ0n) is 8.71. The lowest BCUT2D eigenvalue weighted by Crippen LogP contribution is -2.18. The largest absolute Gasteiger partial charge is 0.467 e. The monoisotopic (exact) mass is 391 g/mol. The summed E-state index contributed by atoms with van der Waals surface area (Å²) in [5.74, 6) is 0.929. The minimum absolute atomic E-state index is 0.0967. The Morgan fingerprint density at radius 2 is 2.19 bits per heavy atom. The summed E-state index contributed by atoms with van der Waals surface area (Å²) in [5, 5.41) is 3.27. The van der Waals surface area contributed by atoms with E-state index in [2.05, 4.69) is 56.0 Å². The van der Waals surface area contributed by atoms with Crippen LogP contribution in [0.5, 0.6) is 0 Å². The summed E-state index contributed by atoms with van der Waals surface area (Å²) in [4.78, 5) is 0.